The van der Waals surface area contributed by atoms with Crippen LogP contribution in [0.4, 0.5) is 4.79 Å². The predicted octanol–water partition coefficient (Wildman–Crippen LogP) is 2.98. The van der Waals surface area contributed by atoms with Gasteiger partial charge < -0.3 is 19.5 Å². The zero-order chi connectivity index (χ0) is 22.2. The van der Waals surface area contributed by atoms with Crippen LogP contribution in [0.2, 0.25) is 0 Å². The van der Waals surface area contributed by atoms with Crippen LogP contribution in [0.15, 0.2) is 35.8 Å². The van der Waals surface area contributed by atoms with Crippen molar-refractivity contribution in [1.29, 1.82) is 0 Å². The van der Waals surface area contributed by atoms with Crippen LogP contribution in [0, 0.1) is 0 Å². The minimum atomic E-state index is -0.493. The van der Waals surface area contributed by atoms with Crippen molar-refractivity contribution in [2.45, 2.75) is 25.9 Å². The van der Waals surface area contributed by atoms with E-state index in [-0.39, 0.29) is 23.5 Å². The van der Waals surface area contributed by atoms with Crippen LogP contribution < -0.4 is 14.8 Å². The molecule has 0 spiro atoms. The lowest BCUT2D eigenvalue weighted by Gasteiger charge is -2.14. The summed E-state index contributed by atoms with van der Waals surface area (Å²) in [5.74, 6) is 0.217. The predicted molar refractivity (Wildman–Crippen MR) is 118 cm³/mol. The third-order valence-corrected chi connectivity index (χ3v) is 5.56. The van der Waals surface area contributed by atoms with Crippen molar-refractivity contribution in [1.82, 2.24) is 10.2 Å². The lowest BCUT2D eigenvalue weighted by Crippen LogP contribution is -2.41. The molecule has 3 amide bonds. The van der Waals surface area contributed by atoms with Crippen molar-refractivity contribution >= 4 is 34.9 Å². The average molecular weight is 447 g/mol. The summed E-state index contributed by atoms with van der Waals surface area (Å²) in [5.41, 5.74) is 0.683. The number of carbonyl (C=O) groups is 3. The molecular formula is C22H26N2O6S. The quantitative estimate of drug-likeness (QED) is 0.436. The summed E-state index contributed by atoms with van der Waals surface area (Å²) < 4.78 is 16.6. The van der Waals surface area contributed by atoms with E-state index in [0.29, 0.717) is 43.4 Å². The Labute approximate surface area is 185 Å². The molecule has 1 N–H and O–H groups in total. The van der Waals surface area contributed by atoms with Gasteiger partial charge in [0.15, 0.2) is 11.5 Å². The highest BCUT2D eigenvalue weighted by Gasteiger charge is 2.36. The molecule has 166 valence electrons. The lowest BCUT2D eigenvalue weighted by atomic mass is 10.2. The van der Waals surface area contributed by atoms with Gasteiger partial charge in [-0.05, 0) is 55.3 Å². The Balaban J connectivity index is 1.65. The van der Waals surface area contributed by atoms with Gasteiger partial charge in [0.1, 0.15) is 13.2 Å². The van der Waals surface area contributed by atoms with Crippen LogP contribution in [0.5, 0.6) is 11.5 Å². The van der Waals surface area contributed by atoms with Crippen molar-refractivity contribution in [2.75, 3.05) is 32.9 Å². The lowest BCUT2D eigenvalue weighted by molar-refractivity contribution is -0.129. The van der Waals surface area contributed by atoms with Gasteiger partial charge in [-0.15, -0.1) is 0 Å². The minimum absolute atomic E-state index is 0.00303. The van der Waals surface area contributed by atoms with Gasteiger partial charge >= 0.3 is 0 Å². The summed E-state index contributed by atoms with van der Waals surface area (Å²) >= 11 is 0.808. The highest BCUT2D eigenvalue weighted by Crippen LogP contribution is 2.34. The van der Waals surface area contributed by atoms with E-state index < -0.39 is 11.1 Å². The fourth-order valence-corrected chi connectivity index (χ4v) is 4.01. The number of hydrogen-bond acceptors (Lipinski definition) is 7. The maximum absolute atomic E-state index is 12.7. The van der Waals surface area contributed by atoms with Gasteiger partial charge in [-0.25, -0.2) is 0 Å². The van der Waals surface area contributed by atoms with Gasteiger partial charge in [-0.1, -0.05) is 18.7 Å². The second-order valence-electron chi connectivity index (χ2n) is 6.95. The smallest absolute Gasteiger partial charge is 0.294 e. The maximum atomic E-state index is 12.7. The van der Waals surface area contributed by atoms with Crippen molar-refractivity contribution < 1.29 is 28.6 Å². The van der Waals surface area contributed by atoms with Crippen LogP contribution in [-0.2, 0) is 14.3 Å². The molecule has 1 atom stereocenters. The van der Waals surface area contributed by atoms with Crippen LogP contribution >= 0.6 is 11.8 Å². The zero-order valence-electron chi connectivity index (χ0n) is 17.4. The van der Waals surface area contributed by atoms with E-state index in [1.54, 1.807) is 30.4 Å². The van der Waals surface area contributed by atoms with E-state index >= 15 is 0 Å². The molecule has 2 heterocycles. The Morgan fingerprint density at radius 3 is 2.90 bits per heavy atom. The number of ether oxygens (including phenoxy) is 3. The number of thioether (sulfide) groups is 1. The summed E-state index contributed by atoms with van der Waals surface area (Å²) in [5, 5.41) is 2.25. The third kappa shape index (κ3) is 6.11. The first-order valence-electron chi connectivity index (χ1n) is 10.2. The summed E-state index contributed by atoms with van der Waals surface area (Å²) in [7, 11) is 0. The average Bonchev–Trinajstić information content (AvgIpc) is 3.36. The second-order valence-corrected chi connectivity index (χ2v) is 7.94. The Morgan fingerprint density at radius 1 is 1.35 bits per heavy atom. The molecule has 2 aliphatic rings. The Morgan fingerprint density at radius 2 is 2.19 bits per heavy atom. The maximum Gasteiger partial charge on any atom is 0.294 e. The third-order valence-electron chi connectivity index (χ3n) is 4.65. The number of amides is 3. The second kappa shape index (κ2) is 11.0. The Kier molecular flexibility index (Phi) is 8.13. The van der Waals surface area contributed by atoms with Crippen molar-refractivity contribution in [3.8, 4) is 11.5 Å². The van der Waals surface area contributed by atoms with Crippen LogP contribution in [0.3, 0.4) is 0 Å². The zero-order valence-corrected chi connectivity index (χ0v) is 18.2. The number of nitrogens with zero attached hydrogens (tertiary/aromatic N) is 1. The summed E-state index contributed by atoms with van der Waals surface area (Å²) in [6.45, 7) is 7.04. The molecule has 1 aromatic carbocycles. The van der Waals surface area contributed by atoms with Crippen LogP contribution in [0.1, 0.15) is 25.3 Å². The van der Waals surface area contributed by atoms with Gasteiger partial charge in [0.05, 0.1) is 17.6 Å². The minimum Gasteiger partial charge on any atom is -0.490 e. The SMILES string of the molecule is C=CCOc1ccc(/C=C2\SC(=O)N(CC(=O)NC[C@@H]3CCCO3)C2=O)cc1OCC. The van der Waals surface area contributed by atoms with Gasteiger partial charge in [-0.3, -0.25) is 19.3 Å². The van der Waals surface area contributed by atoms with Crippen molar-refractivity contribution in [3.63, 3.8) is 0 Å². The molecule has 0 radical (unpaired) electrons. The van der Waals surface area contributed by atoms with Gasteiger partial charge in [0.2, 0.25) is 5.91 Å². The topological polar surface area (TPSA) is 94.2 Å². The number of carbonyl (C=O) groups excluding carboxylic acids is 3. The van der Waals surface area contributed by atoms with Crippen LogP contribution in [0.25, 0.3) is 6.08 Å². The highest BCUT2D eigenvalue weighted by molar-refractivity contribution is 8.18. The molecule has 2 saturated heterocycles. The molecular weight excluding hydrogens is 420 g/mol. The van der Waals surface area contributed by atoms with Gasteiger partial charge in [0.25, 0.3) is 11.1 Å². The molecule has 2 aliphatic heterocycles. The fraction of sp³-hybridized carbons (Fsp3) is 0.409. The Bertz CT molecular complexity index is 879. The number of rotatable bonds is 10. The molecule has 31 heavy (non-hydrogen) atoms. The van der Waals surface area contributed by atoms with E-state index in [2.05, 4.69) is 11.9 Å². The molecule has 9 heteroatoms. The number of imide groups is 1. The Hall–Kier alpha value is -2.78. The number of benzene rings is 1. The fourth-order valence-electron chi connectivity index (χ4n) is 3.17. The normalized spacial score (nSPS) is 19.7. The largest absolute Gasteiger partial charge is 0.490 e. The molecule has 3 rings (SSSR count). The first-order valence-corrected chi connectivity index (χ1v) is 11.0. The summed E-state index contributed by atoms with van der Waals surface area (Å²) in [6.07, 6.45) is 5.11. The van der Waals surface area contributed by atoms with Gasteiger partial charge in [-0.2, -0.15) is 0 Å². The molecule has 0 aromatic heterocycles. The first-order chi connectivity index (χ1) is 15.0. The van der Waals surface area contributed by atoms with Gasteiger partial charge in [0, 0.05) is 13.2 Å². The molecule has 1 aromatic rings. The molecule has 0 aliphatic carbocycles. The molecule has 2 fully saturated rings. The van der Waals surface area contributed by atoms with E-state index in [1.165, 1.54) is 0 Å². The van der Waals surface area contributed by atoms with Crippen molar-refractivity contribution in [2.24, 2.45) is 0 Å². The van der Waals surface area contributed by atoms with E-state index in [4.69, 9.17) is 14.2 Å². The molecule has 0 unspecified atom stereocenters. The monoisotopic (exact) mass is 446 g/mol. The number of nitrogens with one attached hydrogen (secondary N) is 1. The van der Waals surface area contributed by atoms with E-state index in [1.807, 2.05) is 6.92 Å². The number of hydrogen-bond donors (Lipinski definition) is 1. The first kappa shape index (κ1) is 22.9. The molecule has 0 bridgehead atoms. The summed E-state index contributed by atoms with van der Waals surface area (Å²) in [4.78, 5) is 38.3. The molecule has 0 saturated carbocycles. The van der Waals surface area contributed by atoms with Crippen LogP contribution in [-0.4, -0.2) is 61.0 Å². The van der Waals surface area contributed by atoms with Crippen molar-refractivity contribution in [3.05, 3.63) is 41.3 Å². The summed E-state index contributed by atoms with van der Waals surface area (Å²) in [6, 6.07) is 5.25. The standard InChI is InChI=1S/C22H26N2O6S/c1-3-9-30-17-8-7-15(11-18(17)28-4-2)12-19-21(26)24(22(27)31-19)14-20(25)23-13-16-6-5-10-29-16/h3,7-8,11-12,16H,1,4-6,9-10,13-14H2,2H3,(H,23,25)/b19-12-/t16-/m0/s1. The van der Waals surface area contributed by atoms with E-state index in [9.17, 15) is 14.4 Å². The molecule has 8 nitrogen and oxygen atoms in total. The van der Waals surface area contributed by atoms with E-state index in [0.717, 1.165) is 29.5 Å². The highest BCUT2D eigenvalue weighted by atomic mass is 32.2.